The molecule has 0 atom stereocenters. The first-order valence-corrected chi connectivity index (χ1v) is 9.96. The maximum absolute atomic E-state index is 11.9. The van der Waals surface area contributed by atoms with Gasteiger partial charge in [0.2, 0.25) is 5.91 Å². The summed E-state index contributed by atoms with van der Waals surface area (Å²) in [4.78, 5) is 20.4. The summed E-state index contributed by atoms with van der Waals surface area (Å²) < 4.78 is 11.0. The molecule has 1 amide bonds. The topological polar surface area (TPSA) is 66.4 Å². The first-order chi connectivity index (χ1) is 12.6. The molecule has 158 valence electrons. The van der Waals surface area contributed by atoms with Gasteiger partial charge in [0, 0.05) is 53.6 Å². The Bertz CT molecular complexity index is 448. The molecule has 2 rings (SSSR count). The number of piperidine rings is 1. The van der Waals surface area contributed by atoms with Gasteiger partial charge in [0.1, 0.15) is 6.54 Å². The molecule has 8 heteroatoms. The van der Waals surface area contributed by atoms with Gasteiger partial charge in [-0.05, 0) is 32.1 Å². The second kappa shape index (κ2) is 13.5. The zero-order chi connectivity index (χ0) is 18.8. The van der Waals surface area contributed by atoms with Gasteiger partial charge in [0.15, 0.2) is 5.96 Å². The molecule has 1 saturated heterocycles. The molecule has 2 fully saturated rings. The third kappa shape index (κ3) is 8.95. The number of hydrogen-bond acceptors (Lipinski definition) is 4. The highest BCUT2D eigenvalue weighted by molar-refractivity contribution is 14.0. The number of guanidine groups is 1. The van der Waals surface area contributed by atoms with Gasteiger partial charge in [-0.3, -0.25) is 4.79 Å². The molecule has 7 nitrogen and oxygen atoms in total. The number of aliphatic imine (C=N–C) groups is 1. The van der Waals surface area contributed by atoms with E-state index >= 15 is 0 Å². The van der Waals surface area contributed by atoms with Crippen molar-refractivity contribution < 1.29 is 14.3 Å². The minimum Gasteiger partial charge on any atom is -0.385 e. The summed E-state index contributed by atoms with van der Waals surface area (Å²) in [7, 11) is 5.26. The van der Waals surface area contributed by atoms with E-state index in [-0.39, 0.29) is 36.4 Å². The van der Waals surface area contributed by atoms with E-state index in [1.54, 1.807) is 26.1 Å². The molecule has 0 aromatic rings. The van der Waals surface area contributed by atoms with Gasteiger partial charge in [-0.15, -0.1) is 24.0 Å². The number of ether oxygens (including phenoxy) is 2. The summed E-state index contributed by atoms with van der Waals surface area (Å²) >= 11 is 0. The first kappa shape index (κ1) is 24.4. The monoisotopic (exact) mass is 496 g/mol. The number of carbonyl (C=O) groups excluding carboxylic acids is 1. The van der Waals surface area contributed by atoms with E-state index in [2.05, 4.69) is 15.2 Å². The lowest BCUT2D eigenvalue weighted by atomic mass is 10.1. The number of methoxy groups -OCH3 is 1. The molecular weight excluding hydrogens is 459 g/mol. The minimum absolute atomic E-state index is 0. The van der Waals surface area contributed by atoms with Gasteiger partial charge in [-0.25, -0.2) is 4.99 Å². The number of likely N-dealkylation sites (N-methyl/N-ethyl adjacent to an activating group) is 1. The lowest BCUT2D eigenvalue weighted by molar-refractivity contribution is -0.127. The van der Waals surface area contributed by atoms with E-state index in [9.17, 15) is 4.79 Å². The number of nitrogens with zero attached hydrogens (tertiary/aromatic N) is 3. The van der Waals surface area contributed by atoms with Crippen LogP contribution in [0.25, 0.3) is 0 Å². The Labute approximate surface area is 181 Å². The molecule has 0 aromatic heterocycles. The van der Waals surface area contributed by atoms with Gasteiger partial charge < -0.3 is 24.6 Å². The Morgan fingerprint density at radius 2 is 1.81 bits per heavy atom. The second-order valence-corrected chi connectivity index (χ2v) is 7.46. The molecule has 0 spiro atoms. The number of hydrogen-bond donors (Lipinski definition) is 1. The fourth-order valence-electron chi connectivity index (χ4n) is 3.46. The van der Waals surface area contributed by atoms with Crippen molar-refractivity contribution >= 4 is 35.8 Å². The van der Waals surface area contributed by atoms with Crippen LogP contribution in [0.3, 0.4) is 0 Å². The van der Waals surface area contributed by atoms with Crippen LogP contribution in [0.15, 0.2) is 4.99 Å². The average molecular weight is 496 g/mol. The second-order valence-electron chi connectivity index (χ2n) is 7.46. The molecule has 0 bridgehead atoms. The van der Waals surface area contributed by atoms with Gasteiger partial charge in [0.05, 0.1) is 6.10 Å². The Balaban J connectivity index is 0.00000364. The summed E-state index contributed by atoms with van der Waals surface area (Å²) in [5.74, 6) is 0.928. The Morgan fingerprint density at radius 1 is 1.15 bits per heavy atom. The van der Waals surface area contributed by atoms with Crippen molar-refractivity contribution in [1.29, 1.82) is 0 Å². The van der Waals surface area contributed by atoms with Crippen LogP contribution in [-0.4, -0.2) is 87.9 Å². The van der Waals surface area contributed by atoms with Crippen LogP contribution in [0.2, 0.25) is 0 Å². The van der Waals surface area contributed by atoms with Crippen molar-refractivity contribution in [2.24, 2.45) is 4.99 Å². The average Bonchev–Trinajstić information content (AvgIpc) is 3.15. The normalized spacial score (nSPS) is 19.1. The molecule has 0 radical (unpaired) electrons. The third-order valence-corrected chi connectivity index (χ3v) is 5.14. The van der Waals surface area contributed by atoms with Crippen LogP contribution >= 0.6 is 24.0 Å². The zero-order valence-electron chi connectivity index (χ0n) is 17.1. The molecule has 1 saturated carbocycles. The van der Waals surface area contributed by atoms with Crippen LogP contribution in [0.1, 0.15) is 44.9 Å². The van der Waals surface area contributed by atoms with Crippen LogP contribution < -0.4 is 5.32 Å². The Kier molecular flexibility index (Phi) is 12.3. The largest absolute Gasteiger partial charge is 0.385 e. The highest BCUT2D eigenvalue weighted by Crippen LogP contribution is 2.19. The highest BCUT2D eigenvalue weighted by atomic mass is 127. The van der Waals surface area contributed by atoms with Crippen molar-refractivity contribution in [3.8, 4) is 0 Å². The third-order valence-electron chi connectivity index (χ3n) is 5.14. The van der Waals surface area contributed by atoms with Crippen molar-refractivity contribution in [3.63, 3.8) is 0 Å². The van der Waals surface area contributed by atoms with Crippen molar-refractivity contribution in [3.05, 3.63) is 0 Å². The SMILES string of the molecule is COCCCOC1CCN(C(=NCC(=O)N(C)C)NC2CCCC2)CC1.I. The number of likely N-dealkylation sites (tertiary alicyclic amines) is 1. The molecule has 1 N–H and O–H groups in total. The van der Waals surface area contributed by atoms with Crippen LogP contribution in [0.5, 0.6) is 0 Å². The number of amides is 1. The molecule has 2 aliphatic rings. The Morgan fingerprint density at radius 3 is 2.41 bits per heavy atom. The molecular formula is C19H37IN4O3. The highest BCUT2D eigenvalue weighted by Gasteiger charge is 2.25. The van der Waals surface area contributed by atoms with Gasteiger partial charge >= 0.3 is 0 Å². The smallest absolute Gasteiger partial charge is 0.243 e. The number of rotatable bonds is 8. The van der Waals surface area contributed by atoms with E-state index in [0.29, 0.717) is 12.1 Å². The minimum atomic E-state index is 0. The zero-order valence-corrected chi connectivity index (χ0v) is 19.4. The number of carbonyl (C=O) groups is 1. The predicted molar refractivity (Wildman–Crippen MR) is 119 cm³/mol. The summed E-state index contributed by atoms with van der Waals surface area (Å²) in [6.07, 6.45) is 8.20. The summed E-state index contributed by atoms with van der Waals surface area (Å²) in [5, 5.41) is 3.60. The fraction of sp³-hybridized carbons (Fsp3) is 0.895. The van der Waals surface area contributed by atoms with Crippen LogP contribution in [-0.2, 0) is 14.3 Å². The summed E-state index contributed by atoms with van der Waals surface area (Å²) in [6, 6.07) is 0.492. The van der Waals surface area contributed by atoms with E-state index in [0.717, 1.165) is 51.5 Å². The van der Waals surface area contributed by atoms with Crippen LogP contribution in [0.4, 0.5) is 0 Å². The first-order valence-electron chi connectivity index (χ1n) is 9.96. The lowest BCUT2D eigenvalue weighted by Gasteiger charge is -2.35. The number of nitrogens with one attached hydrogen (secondary N) is 1. The standard InChI is InChI=1S/C19H36N4O3.HI/c1-22(2)18(24)15-20-19(21-16-7-4-5-8-16)23-11-9-17(10-12-23)26-14-6-13-25-3;/h16-17H,4-15H2,1-3H3,(H,20,21);1H. The molecule has 1 aliphatic heterocycles. The molecule has 1 heterocycles. The van der Waals surface area contributed by atoms with E-state index in [1.807, 2.05) is 0 Å². The molecule has 0 unspecified atom stereocenters. The maximum Gasteiger partial charge on any atom is 0.243 e. The maximum atomic E-state index is 11.9. The van der Waals surface area contributed by atoms with E-state index in [4.69, 9.17) is 9.47 Å². The van der Waals surface area contributed by atoms with Gasteiger partial charge in [0.25, 0.3) is 0 Å². The van der Waals surface area contributed by atoms with Crippen LogP contribution in [0, 0.1) is 0 Å². The van der Waals surface area contributed by atoms with E-state index in [1.165, 1.54) is 25.7 Å². The molecule has 1 aliphatic carbocycles. The lowest BCUT2D eigenvalue weighted by Crippen LogP contribution is -2.49. The quantitative estimate of drug-likeness (QED) is 0.241. The van der Waals surface area contributed by atoms with Crippen molar-refractivity contribution in [2.45, 2.75) is 57.1 Å². The van der Waals surface area contributed by atoms with E-state index < -0.39 is 0 Å². The predicted octanol–water partition coefficient (Wildman–Crippen LogP) is 2.10. The summed E-state index contributed by atoms with van der Waals surface area (Å²) in [6.45, 7) is 3.56. The fourth-order valence-corrected chi connectivity index (χ4v) is 3.46. The van der Waals surface area contributed by atoms with Gasteiger partial charge in [-0.2, -0.15) is 0 Å². The van der Waals surface area contributed by atoms with Crippen molar-refractivity contribution in [1.82, 2.24) is 15.1 Å². The Hall–Kier alpha value is -0.610. The van der Waals surface area contributed by atoms with Crippen molar-refractivity contribution in [2.75, 3.05) is 54.1 Å². The molecule has 0 aromatic carbocycles. The number of halogens is 1. The van der Waals surface area contributed by atoms with Gasteiger partial charge in [-0.1, -0.05) is 12.8 Å². The molecule has 27 heavy (non-hydrogen) atoms. The summed E-state index contributed by atoms with van der Waals surface area (Å²) in [5.41, 5.74) is 0.